The summed E-state index contributed by atoms with van der Waals surface area (Å²) in [7, 11) is 0. The number of carbonyl (C=O) groups is 3. The highest BCUT2D eigenvalue weighted by atomic mass is 16.4. The van der Waals surface area contributed by atoms with Crippen LogP contribution in [-0.2, 0) is 9.59 Å². The Kier molecular flexibility index (Phi) is 4.57. The molecule has 0 bridgehead atoms. The third-order valence-corrected chi connectivity index (χ3v) is 3.74. The third kappa shape index (κ3) is 3.48. The molecule has 0 aliphatic carbocycles. The maximum absolute atomic E-state index is 12.8. The second-order valence-electron chi connectivity index (χ2n) is 5.51. The second-order valence-corrected chi connectivity index (χ2v) is 5.51. The Morgan fingerprint density at radius 2 is 1.77 bits per heavy atom. The van der Waals surface area contributed by atoms with Crippen molar-refractivity contribution in [1.82, 2.24) is 10.4 Å². The van der Waals surface area contributed by atoms with E-state index in [1.165, 1.54) is 12.1 Å². The molecule has 1 heterocycles. The Bertz CT molecular complexity index is 892. The van der Waals surface area contributed by atoms with Crippen LogP contribution in [0.25, 0.3) is 0 Å². The molecule has 26 heavy (non-hydrogen) atoms. The van der Waals surface area contributed by atoms with E-state index in [1.807, 2.05) is 0 Å². The van der Waals surface area contributed by atoms with Crippen molar-refractivity contribution in [2.24, 2.45) is 0 Å². The van der Waals surface area contributed by atoms with E-state index in [4.69, 9.17) is 5.11 Å². The van der Waals surface area contributed by atoms with Crippen molar-refractivity contribution in [1.29, 1.82) is 0 Å². The van der Waals surface area contributed by atoms with E-state index in [0.29, 0.717) is 22.9 Å². The average Bonchev–Trinajstić information content (AvgIpc) is 2.63. The number of carboxylic acids is 1. The highest BCUT2D eigenvalue weighted by molar-refractivity contribution is 6.03. The molecule has 0 unspecified atom stereocenters. The minimum atomic E-state index is -1.27. The second kappa shape index (κ2) is 6.98. The molecule has 2 aromatic rings. The number of aliphatic carboxylic acids is 1. The van der Waals surface area contributed by atoms with Gasteiger partial charge in [-0.2, -0.15) is 0 Å². The number of hydrogen-bond acceptors (Lipinski definition) is 5. The Hall–Kier alpha value is -3.81. The maximum Gasteiger partial charge on any atom is 0.328 e. The van der Waals surface area contributed by atoms with Gasteiger partial charge in [-0.15, -0.1) is 0 Å². The molecule has 3 rings (SSSR count). The summed E-state index contributed by atoms with van der Waals surface area (Å²) in [4.78, 5) is 35.4. The minimum absolute atomic E-state index is 0.0660. The molecule has 8 heteroatoms. The number of phenols is 1. The molecule has 0 fully saturated rings. The Labute approximate surface area is 148 Å². The number of hydrazine groups is 1. The van der Waals surface area contributed by atoms with Gasteiger partial charge in [-0.05, 0) is 29.8 Å². The fraction of sp³-hybridized carbons (Fsp3) is 0.0556. The van der Waals surface area contributed by atoms with Crippen molar-refractivity contribution < 1.29 is 24.6 Å². The predicted octanol–water partition coefficient (Wildman–Crippen LogP) is 1.63. The third-order valence-electron chi connectivity index (χ3n) is 3.74. The molecule has 2 amide bonds. The minimum Gasteiger partial charge on any atom is -0.508 e. The van der Waals surface area contributed by atoms with Crippen molar-refractivity contribution in [2.75, 3.05) is 5.32 Å². The number of benzene rings is 2. The van der Waals surface area contributed by atoms with Crippen molar-refractivity contribution in [2.45, 2.75) is 6.17 Å². The number of aromatic hydroxyl groups is 1. The Morgan fingerprint density at radius 1 is 1.08 bits per heavy atom. The number of rotatable bonds is 4. The summed E-state index contributed by atoms with van der Waals surface area (Å²) >= 11 is 0. The summed E-state index contributed by atoms with van der Waals surface area (Å²) in [6.45, 7) is 0. The van der Waals surface area contributed by atoms with Gasteiger partial charge in [0.1, 0.15) is 11.9 Å². The quantitative estimate of drug-likeness (QED) is 0.621. The Morgan fingerprint density at radius 3 is 2.46 bits per heavy atom. The molecule has 1 aliphatic rings. The largest absolute Gasteiger partial charge is 0.508 e. The zero-order valence-electron chi connectivity index (χ0n) is 13.4. The van der Waals surface area contributed by atoms with Gasteiger partial charge in [-0.1, -0.05) is 24.3 Å². The molecule has 8 nitrogen and oxygen atoms in total. The molecular weight excluding hydrogens is 338 g/mol. The van der Waals surface area contributed by atoms with Gasteiger partial charge in [0.2, 0.25) is 0 Å². The first-order valence-corrected chi connectivity index (χ1v) is 7.65. The van der Waals surface area contributed by atoms with Crippen molar-refractivity contribution >= 4 is 23.5 Å². The number of nitrogens with zero attached hydrogens (tertiary/aromatic N) is 1. The zero-order chi connectivity index (χ0) is 18.7. The normalized spacial score (nSPS) is 16.1. The predicted molar refractivity (Wildman–Crippen MR) is 92.0 cm³/mol. The summed E-state index contributed by atoms with van der Waals surface area (Å²) in [5.41, 5.74) is 3.98. The van der Waals surface area contributed by atoms with Gasteiger partial charge >= 0.3 is 5.97 Å². The number of nitrogens with one attached hydrogen (secondary N) is 2. The van der Waals surface area contributed by atoms with E-state index in [1.54, 1.807) is 36.4 Å². The highest BCUT2D eigenvalue weighted by Gasteiger charge is 2.33. The number of hydrogen-bond donors (Lipinski definition) is 4. The number of para-hydroxylation sites is 1. The number of fused-ring (bicyclic) bond motifs is 1. The van der Waals surface area contributed by atoms with Crippen LogP contribution in [-0.4, -0.2) is 33.0 Å². The molecule has 132 valence electrons. The van der Waals surface area contributed by atoms with Crippen molar-refractivity contribution in [3.8, 4) is 5.75 Å². The van der Waals surface area contributed by atoms with E-state index >= 15 is 0 Å². The van der Waals surface area contributed by atoms with E-state index in [0.717, 1.165) is 11.1 Å². The zero-order valence-corrected chi connectivity index (χ0v) is 13.4. The maximum atomic E-state index is 12.8. The van der Waals surface area contributed by atoms with Crippen LogP contribution in [0.2, 0.25) is 0 Å². The number of anilines is 1. The Balaban J connectivity index is 1.96. The molecular formula is C18H15N3O5. The number of phenolic OH excluding ortho intramolecular Hbond substituents is 1. The van der Waals surface area contributed by atoms with Crippen molar-refractivity contribution in [3.63, 3.8) is 0 Å². The molecule has 4 N–H and O–H groups in total. The molecule has 1 atom stereocenters. The summed E-state index contributed by atoms with van der Waals surface area (Å²) < 4.78 is 0. The number of carboxylic acid groups (broad SMARTS) is 1. The lowest BCUT2D eigenvalue weighted by Crippen LogP contribution is -2.52. The van der Waals surface area contributed by atoms with E-state index in [2.05, 4.69) is 10.7 Å². The van der Waals surface area contributed by atoms with Gasteiger partial charge in [-0.3, -0.25) is 15.0 Å². The number of carbonyl (C=O) groups excluding carboxylic acids is 2. The van der Waals surface area contributed by atoms with Gasteiger partial charge in [-0.25, -0.2) is 9.80 Å². The fourth-order valence-electron chi connectivity index (χ4n) is 2.56. The molecule has 0 saturated carbocycles. The molecule has 2 aromatic carbocycles. The van der Waals surface area contributed by atoms with Gasteiger partial charge in [0.25, 0.3) is 11.8 Å². The van der Waals surface area contributed by atoms with Gasteiger partial charge in [0.15, 0.2) is 0 Å². The van der Waals surface area contributed by atoms with Crippen LogP contribution in [0.5, 0.6) is 5.75 Å². The van der Waals surface area contributed by atoms with E-state index < -0.39 is 23.9 Å². The first-order valence-electron chi connectivity index (χ1n) is 7.65. The van der Waals surface area contributed by atoms with E-state index in [9.17, 15) is 19.5 Å². The SMILES string of the molecule is O=C(O)/C=C/C(=O)NN1C(=O)c2ccccc2N[C@@H]1c1ccc(O)cc1. The smallest absolute Gasteiger partial charge is 0.328 e. The van der Waals surface area contributed by atoms with Crippen molar-refractivity contribution in [3.05, 3.63) is 71.8 Å². The monoisotopic (exact) mass is 353 g/mol. The summed E-state index contributed by atoms with van der Waals surface area (Å²) in [5, 5.41) is 22.3. The first-order chi connectivity index (χ1) is 12.5. The van der Waals surface area contributed by atoms with Crippen LogP contribution in [0.4, 0.5) is 5.69 Å². The highest BCUT2D eigenvalue weighted by Crippen LogP contribution is 2.32. The van der Waals surface area contributed by atoms with E-state index in [-0.39, 0.29) is 5.75 Å². The van der Waals surface area contributed by atoms with Crippen LogP contribution >= 0.6 is 0 Å². The lowest BCUT2D eigenvalue weighted by molar-refractivity contribution is -0.131. The van der Waals surface area contributed by atoms with Crippen LogP contribution in [0.1, 0.15) is 22.1 Å². The standard InChI is InChI=1S/C18H15N3O5/c22-12-7-5-11(6-8-12)17-19-14-4-2-1-3-13(14)18(26)21(17)20-15(23)9-10-16(24)25/h1-10,17,19,22H,(H,20,23)(H,24,25)/b10-9+/t17-/m0/s1. The molecule has 1 aliphatic heterocycles. The topological polar surface area (TPSA) is 119 Å². The van der Waals surface area contributed by atoms with Gasteiger partial charge < -0.3 is 15.5 Å². The summed E-state index contributed by atoms with van der Waals surface area (Å²) in [6, 6.07) is 13.0. The molecule has 0 aromatic heterocycles. The van der Waals surface area contributed by atoms with Crippen LogP contribution in [0, 0.1) is 0 Å². The van der Waals surface area contributed by atoms with Gasteiger partial charge in [0, 0.05) is 17.8 Å². The van der Waals surface area contributed by atoms with Crippen LogP contribution < -0.4 is 10.7 Å². The average molecular weight is 353 g/mol. The summed E-state index contributed by atoms with van der Waals surface area (Å²) in [5.74, 6) is -2.42. The van der Waals surface area contributed by atoms with Crippen LogP contribution in [0.3, 0.4) is 0 Å². The lowest BCUT2D eigenvalue weighted by Gasteiger charge is -2.37. The first kappa shape index (κ1) is 17.0. The fourth-order valence-corrected chi connectivity index (χ4v) is 2.56. The van der Waals surface area contributed by atoms with Gasteiger partial charge in [0.05, 0.1) is 5.56 Å². The summed E-state index contributed by atoms with van der Waals surface area (Å²) in [6.07, 6.45) is 0.769. The lowest BCUT2D eigenvalue weighted by atomic mass is 10.0. The number of amides is 2. The molecule has 0 spiro atoms. The molecule has 0 radical (unpaired) electrons. The van der Waals surface area contributed by atoms with Crippen LogP contribution in [0.15, 0.2) is 60.7 Å². The molecule has 0 saturated heterocycles.